The van der Waals surface area contributed by atoms with Crippen molar-refractivity contribution in [1.29, 1.82) is 0 Å². The first-order valence-electron chi connectivity index (χ1n) is 7.72. The van der Waals surface area contributed by atoms with E-state index in [0.29, 0.717) is 5.69 Å². The fraction of sp³-hybridized carbons (Fsp3) is 0.312. The average molecular weight is 344 g/mol. The van der Waals surface area contributed by atoms with Crippen molar-refractivity contribution >= 4 is 17.9 Å². The molecule has 0 N–H and O–H groups in total. The number of rotatable bonds is 7. The van der Waals surface area contributed by atoms with E-state index in [9.17, 15) is 9.59 Å². The van der Waals surface area contributed by atoms with E-state index in [2.05, 4.69) is 22.2 Å². The van der Waals surface area contributed by atoms with Crippen molar-refractivity contribution in [1.82, 2.24) is 19.8 Å². The average Bonchev–Trinajstić information content (AvgIpc) is 2.96. The second kappa shape index (κ2) is 8.57. The summed E-state index contributed by atoms with van der Waals surface area (Å²) in [6.07, 6.45) is 2.90. The first-order chi connectivity index (χ1) is 12.1. The SMILES string of the molecule is C=CCON=CCn1nnn(C(=O)N(c2ccccc2)C(C)C)c1=O. The van der Waals surface area contributed by atoms with Gasteiger partial charge in [-0.15, -0.1) is 4.68 Å². The number of anilines is 1. The van der Waals surface area contributed by atoms with Gasteiger partial charge in [0, 0.05) is 11.7 Å². The minimum absolute atomic E-state index is 0.0380. The molecule has 25 heavy (non-hydrogen) atoms. The van der Waals surface area contributed by atoms with Crippen LogP contribution in [0.15, 0.2) is 52.9 Å². The molecule has 0 fully saturated rings. The predicted molar refractivity (Wildman–Crippen MR) is 93.8 cm³/mol. The minimum atomic E-state index is -0.651. The van der Waals surface area contributed by atoms with Gasteiger partial charge in [0.05, 0.1) is 12.8 Å². The van der Waals surface area contributed by atoms with Crippen LogP contribution in [-0.4, -0.2) is 44.7 Å². The molecule has 0 aliphatic rings. The third kappa shape index (κ3) is 4.40. The number of hydrogen-bond donors (Lipinski definition) is 0. The Morgan fingerprint density at radius 3 is 2.72 bits per heavy atom. The van der Waals surface area contributed by atoms with E-state index in [-0.39, 0.29) is 19.2 Å². The van der Waals surface area contributed by atoms with E-state index in [1.54, 1.807) is 18.2 Å². The number of aromatic nitrogens is 4. The standard InChI is InChI=1S/C16H20N6O3/c1-4-12-25-17-10-11-20-15(23)22(19-18-20)16(24)21(13(2)3)14-8-6-5-7-9-14/h4-10,13H,1,11-12H2,2-3H3. The first-order valence-corrected chi connectivity index (χ1v) is 7.72. The van der Waals surface area contributed by atoms with Crippen molar-refractivity contribution in [2.45, 2.75) is 26.4 Å². The molecule has 0 aliphatic carbocycles. The van der Waals surface area contributed by atoms with Crippen molar-refractivity contribution in [3.63, 3.8) is 0 Å². The number of nitrogens with zero attached hydrogens (tertiary/aromatic N) is 6. The first kappa shape index (κ1) is 18.1. The van der Waals surface area contributed by atoms with Gasteiger partial charge in [-0.2, -0.15) is 4.68 Å². The smallest absolute Gasteiger partial charge is 0.372 e. The quantitative estimate of drug-likeness (QED) is 0.249. The third-order valence-corrected chi connectivity index (χ3v) is 3.17. The van der Waals surface area contributed by atoms with E-state index in [1.807, 2.05) is 32.0 Å². The van der Waals surface area contributed by atoms with Crippen LogP contribution >= 0.6 is 0 Å². The van der Waals surface area contributed by atoms with E-state index < -0.39 is 11.7 Å². The molecular weight excluding hydrogens is 324 g/mol. The van der Waals surface area contributed by atoms with Crippen LogP contribution in [0.1, 0.15) is 13.8 Å². The maximum Gasteiger partial charge on any atom is 0.372 e. The zero-order valence-electron chi connectivity index (χ0n) is 14.1. The Bertz CT molecular complexity index is 794. The van der Waals surface area contributed by atoms with Crippen molar-refractivity contribution < 1.29 is 9.63 Å². The Labute approximate surface area is 144 Å². The molecule has 1 heterocycles. The molecule has 0 radical (unpaired) electrons. The van der Waals surface area contributed by atoms with Gasteiger partial charge in [-0.25, -0.2) is 9.59 Å². The summed E-state index contributed by atoms with van der Waals surface area (Å²) in [5.74, 6) is 0. The summed E-state index contributed by atoms with van der Waals surface area (Å²) in [7, 11) is 0. The molecule has 2 aromatic rings. The van der Waals surface area contributed by atoms with Crippen LogP contribution in [0, 0.1) is 0 Å². The highest BCUT2D eigenvalue weighted by molar-refractivity contribution is 5.93. The lowest BCUT2D eigenvalue weighted by atomic mass is 10.2. The highest BCUT2D eigenvalue weighted by atomic mass is 16.6. The molecule has 9 nitrogen and oxygen atoms in total. The van der Waals surface area contributed by atoms with Crippen molar-refractivity contribution in [2.75, 3.05) is 11.5 Å². The van der Waals surface area contributed by atoms with Crippen LogP contribution < -0.4 is 10.6 Å². The van der Waals surface area contributed by atoms with E-state index in [1.165, 1.54) is 11.1 Å². The largest absolute Gasteiger partial charge is 0.392 e. The predicted octanol–water partition coefficient (Wildman–Crippen LogP) is 1.51. The summed E-state index contributed by atoms with van der Waals surface area (Å²) in [6.45, 7) is 7.49. The number of benzene rings is 1. The molecular formula is C16H20N6O3. The number of carbonyl (C=O) groups is 1. The van der Waals surface area contributed by atoms with Crippen LogP contribution in [0.2, 0.25) is 0 Å². The molecule has 0 saturated carbocycles. The number of hydrogen-bond acceptors (Lipinski definition) is 6. The molecule has 0 atom stereocenters. The van der Waals surface area contributed by atoms with Crippen molar-refractivity contribution in [2.24, 2.45) is 5.16 Å². The van der Waals surface area contributed by atoms with Crippen LogP contribution in [0.5, 0.6) is 0 Å². The van der Waals surface area contributed by atoms with Gasteiger partial charge in [-0.1, -0.05) is 36.0 Å². The van der Waals surface area contributed by atoms with Gasteiger partial charge in [0.1, 0.15) is 6.61 Å². The summed E-state index contributed by atoms with van der Waals surface area (Å²) in [5.41, 5.74) is 0.0186. The number of tetrazole rings is 1. The molecule has 1 amide bonds. The maximum absolute atomic E-state index is 12.7. The molecule has 0 saturated heterocycles. The summed E-state index contributed by atoms with van der Waals surface area (Å²) >= 11 is 0. The molecule has 9 heteroatoms. The van der Waals surface area contributed by atoms with Crippen molar-refractivity contribution in [3.05, 3.63) is 53.5 Å². The molecule has 0 unspecified atom stereocenters. The summed E-state index contributed by atoms with van der Waals surface area (Å²) in [5, 5.41) is 11.0. The summed E-state index contributed by atoms with van der Waals surface area (Å²) < 4.78 is 1.74. The van der Waals surface area contributed by atoms with Crippen LogP contribution in [0.25, 0.3) is 0 Å². The van der Waals surface area contributed by atoms with Crippen LogP contribution in [-0.2, 0) is 11.4 Å². The second-order valence-electron chi connectivity index (χ2n) is 5.31. The number of carbonyl (C=O) groups excluding carboxylic acids is 1. The molecule has 0 bridgehead atoms. The monoisotopic (exact) mass is 344 g/mol. The van der Waals surface area contributed by atoms with E-state index >= 15 is 0 Å². The summed E-state index contributed by atoms with van der Waals surface area (Å²) in [6, 6.07) is 8.32. The molecule has 0 aliphatic heterocycles. The highest BCUT2D eigenvalue weighted by Crippen LogP contribution is 2.17. The highest BCUT2D eigenvalue weighted by Gasteiger charge is 2.24. The Morgan fingerprint density at radius 2 is 2.08 bits per heavy atom. The fourth-order valence-electron chi connectivity index (χ4n) is 2.09. The zero-order chi connectivity index (χ0) is 18.2. The molecule has 0 spiro atoms. The van der Waals surface area contributed by atoms with Gasteiger partial charge in [-0.3, -0.25) is 4.90 Å². The lowest BCUT2D eigenvalue weighted by Gasteiger charge is -2.25. The Morgan fingerprint density at radius 1 is 1.36 bits per heavy atom. The number of amides is 1. The van der Waals surface area contributed by atoms with E-state index in [0.717, 1.165) is 9.36 Å². The van der Waals surface area contributed by atoms with Gasteiger partial charge in [0.15, 0.2) is 0 Å². The lowest BCUT2D eigenvalue weighted by Crippen LogP contribution is -2.44. The minimum Gasteiger partial charge on any atom is -0.392 e. The Balaban J connectivity index is 2.20. The van der Waals surface area contributed by atoms with Gasteiger partial charge in [0.25, 0.3) is 0 Å². The Hall–Kier alpha value is -3.23. The number of para-hydroxylation sites is 1. The Kier molecular flexibility index (Phi) is 6.21. The second-order valence-corrected chi connectivity index (χ2v) is 5.31. The normalized spacial score (nSPS) is 11.0. The lowest BCUT2D eigenvalue weighted by molar-refractivity contribution is 0.175. The van der Waals surface area contributed by atoms with Crippen LogP contribution in [0.3, 0.4) is 0 Å². The van der Waals surface area contributed by atoms with Gasteiger partial charge >= 0.3 is 11.7 Å². The fourth-order valence-corrected chi connectivity index (χ4v) is 2.09. The molecule has 1 aromatic heterocycles. The molecule has 2 rings (SSSR count). The topological polar surface area (TPSA) is 94.6 Å². The van der Waals surface area contributed by atoms with Crippen molar-refractivity contribution in [3.8, 4) is 0 Å². The van der Waals surface area contributed by atoms with E-state index in [4.69, 9.17) is 4.84 Å². The molecule has 132 valence electrons. The molecule has 1 aromatic carbocycles. The summed E-state index contributed by atoms with van der Waals surface area (Å²) in [4.78, 5) is 31.4. The zero-order valence-corrected chi connectivity index (χ0v) is 14.1. The van der Waals surface area contributed by atoms with Crippen LogP contribution in [0.4, 0.5) is 10.5 Å². The third-order valence-electron chi connectivity index (χ3n) is 3.17. The number of oxime groups is 1. The van der Waals surface area contributed by atoms with Gasteiger partial charge in [-0.05, 0) is 36.4 Å². The van der Waals surface area contributed by atoms with Gasteiger partial charge < -0.3 is 4.84 Å². The maximum atomic E-state index is 12.7. The van der Waals surface area contributed by atoms with Gasteiger partial charge in [0.2, 0.25) is 0 Å².